The van der Waals surface area contributed by atoms with Crippen LogP contribution in [0.25, 0.3) is 0 Å². The number of hydrogen-bond donors (Lipinski definition) is 0. The average Bonchev–Trinajstić information content (AvgIpc) is 2.36. The average molecular weight is 284 g/mol. The number of carbonyl (C=O) groups excluding carboxylic acids is 1. The number of ether oxygens (including phenoxy) is 1. The number of benzene rings is 1. The molecule has 1 aromatic carbocycles. The van der Waals surface area contributed by atoms with Crippen molar-refractivity contribution >= 4 is 15.6 Å². The van der Waals surface area contributed by atoms with Crippen molar-refractivity contribution in [2.45, 2.75) is 32.4 Å². The number of sulfone groups is 1. The van der Waals surface area contributed by atoms with E-state index in [-0.39, 0.29) is 0 Å². The Balaban J connectivity index is 3.03. The third kappa shape index (κ3) is 3.80. The molecule has 0 N–H and O–H groups in total. The summed E-state index contributed by atoms with van der Waals surface area (Å²) in [5.74, 6) is -0.469. The van der Waals surface area contributed by atoms with Crippen LogP contribution in [-0.2, 0) is 9.84 Å². The van der Waals surface area contributed by atoms with Crippen LogP contribution < -0.4 is 4.74 Å². The molecule has 0 saturated heterocycles. The molecule has 0 heterocycles. The normalized spacial score (nSPS) is 13.1. The molecule has 0 saturated carbocycles. The van der Waals surface area contributed by atoms with E-state index in [1.165, 1.54) is 7.11 Å². The highest BCUT2D eigenvalue weighted by Gasteiger charge is 2.25. The van der Waals surface area contributed by atoms with Gasteiger partial charge in [0.25, 0.3) is 0 Å². The molecule has 5 heteroatoms. The minimum atomic E-state index is -3.40. The van der Waals surface area contributed by atoms with Gasteiger partial charge < -0.3 is 4.74 Å². The Kier molecular flexibility index (Phi) is 5.11. The standard InChI is InChI=1S/C14H20O4S/c1-5-11(3)19(16,17)9-13(15)12-7-6-10(2)8-14(12)18-4/h6-8,11H,5,9H2,1-4H3. The maximum Gasteiger partial charge on any atom is 0.181 e. The third-order valence-electron chi connectivity index (χ3n) is 3.18. The fourth-order valence-corrected chi connectivity index (χ4v) is 3.00. The van der Waals surface area contributed by atoms with Gasteiger partial charge in [0.05, 0.1) is 17.9 Å². The van der Waals surface area contributed by atoms with Gasteiger partial charge in [-0.25, -0.2) is 8.42 Å². The highest BCUT2D eigenvalue weighted by molar-refractivity contribution is 7.92. The molecule has 4 nitrogen and oxygen atoms in total. The quantitative estimate of drug-likeness (QED) is 0.753. The summed E-state index contributed by atoms with van der Waals surface area (Å²) in [6.07, 6.45) is 0.501. The van der Waals surface area contributed by atoms with Crippen molar-refractivity contribution in [3.63, 3.8) is 0 Å². The van der Waals surface area contributed by atoms with Gasteiger partial charge in [0.1, 0.15) is 11.5 Å². The highest BCUT2D eigenvalue weighted by atomic mass is 32.2. The predicted octanol–water partition coefficient (Wildman–Crippen LogP) is 2.40. The van der Waals surface area contributed by atoms with Gasteiger partial charge in [-0.3, -0.25) is 4.79 Å². The lowest BCUT2D eigenvalue weighted by molar-refractivity contribution is 0.101. The largest absolute Gasteiger partial charge is 0.496 e. The number of methoxy groups -OCH3 is 1. The van der Waals surface area contributed by atoms with E-state index in [4.69, 9.17) is 4.74 Å². The molecule has 0 radical (unpaired) electrons. The second-order valence-corrected chi connectivity index (χ2v) is 7.07. The summed E-state index contributed by atoms with van der Waals surface area (Å²) in [4.78, 5) is 12.1. The molecule has 1 unspecified atom stereocenters. The molecular formula is C14H20O4S. The lowest BCUT2D eigenvalue weighted by Gasteiger charge is -2.12. The van der Waals surface area contributed by atoms with Crippen LogP contribution in [0.4, 0.5) is 0 Å². The van der Waals surface area contributed by atoms with E-state index in [1.54, 1.807) is 32.0 Å². The first-order valence-electron chi connectivity index (χ1n) is 6.21. The van der Waals surface area contributed by atoms with Crippen LogP contribution in [0.5, 0.6) is 5.75 Å². The molecule has 0 aliphatic rings. The third-order valence-corrected chi connectivity index (χ3v) is 5.40. The minimum absolute atomic E-state index is 0.319. The fourth-order valence-electron chi connectivity index (χ4n) is 1.69. The molecule has 0 bridgehead atoms. The molecule has 1 aromatic rings. The number of hydrogen-bond acceptors (Lipinski definition) is 4. The highest BCUT2D eigenvalue weighted by Crippen LogP contribution is 2.21. The number of rotatable bonds is 6. The summed E-state index contributed by atoms with van der Waals surface area (Å²) in [6.45, 7) is 5.29. The fraction of sp³-hybridized carbons (Fsp3) is 0.500. The molecule has 0 amide bonds. The summed E-state index contributed by atoms with van der Waals surface area (Å²) in [5.41, 5.74) is 1.28. The second-order valence-electron chi connectivity index (χ2n) is 4.65. The number of Topliss-reactive ketones (excluding diaryl/α,β-unsaturated/α-hetero) is 1. The van der Waals surface area contributed by atoms with Gasteiger partial charge in [-0.2, -0.15) is 0 Å². The van der Waals surface area contributed by atoms with Crippen molar-refractivity contribution in [1.29, 1.82) is 0 Å². The Morgan fingerprint density at radius 3 is 2.53 bits per heavy atom. The maximum absolute atomic E-state index is 12.1. The van der Waals surface area contributed by atoms with E-state index in [0.717, 1.165) is 5.56 Å². The van der Waals surface area contributed by atoms with Crippen LogP contribution in [0.15, 0.2) is 18.2 Å². The lowest BCUT2D eigenvalue weighted by Crippen LogP contribution is -2.25. The van der Waals surface area contributed by atoms with E-state index in [0.29, 0.717) is 17.7 Å². The van der Waals surface area contributed by atoms with E-state index < -0.39 is 26.6 Å². The molecular weight excluding hydrogens is 264 g/mol. The Labute approximate surface area is 114 Å². The molecule has 1 atom stereocenters. The van der Waals surface area contributed by atoms with Crippen molar-refractivity contribution in [3.8, 4) is 5.75 Å². The van der Waals surface area contributed by atoms with Crippen LogP contribution in [-0.4, -0.2) is 32.3 Å². The van der Waals surface area contributed by atoms with Crippen LogP contribution in [0, 0.1) is 6.92 Å². The molecule has 19 heavy (non-hydrogen) atoms. The first kappa shape index (κ1) is 15.7. The van der Waals surface area contributed by atoms with Gasteiger partial charge >= 0.3 is 0 Å². The van der Waals surface area contributed by atoms with Crippen molar-refractivity contribution in [2.24, 2.45) is 0 Å². The van der Waals surface area contributed by atoms with Crippen molar-refractivity contribution < 1.29 is 17.9 Å². The molecule has 0 fully saturated rings. The van der Waals surface area contributed by atoms with Crippen LogP contribution >= 0.6 is 0 Å². The van der Waals surface area contributed by atoms with Gasteiger partial charge in [-0.15, -0.1) is 0 Å². The topological polar surface area (TPSA) is 60.4 Å². The monoisotopic (exact) mass is 284 g/mol. The van der Waals surface area contributed by atoms with Gasteiger partial charge in [-0.1, -0.05) is 13.0 Å². The van der Waals surface area contributed by atoms with Gasteiger partial charge in [0.2, 0.25) is 0 Å². The number of aryl methyl sites for hydroxylation is 1. The molecule has 0 aromatic heterocycles. The summed E-state index contributed by atoms with van der Waals surface area (Å²) in [6, 6.07) is 5.11. The van der Waals surface area contributed by atoms with Crippen molar-refractivity contribution in [2.75, 3.05) is 12.9 Å². The zero-order valence-corrected chi connectivity index (χ0v) is 12.6. The van der Waals surface area contributed by atoms with E-state index in [2.05, 4.69) is 0 Å². The van der Waals surface area contributed by atoms with E-state index in [9.17, 15) is 13.2 Å². The predicted molar refractivity (Wildman–Crippen MR) is 75.6 cm³/mol. The van der Waals surface area contributed by atoms with Crippen LogP contribution in [0.2, 0.25) is 0 Å². The first-order valence-corrected chi connectivity index (χ1v) is 7.92. The lowest BCUT2D eigenvalue weighted by atomic mass is 10.1. The Bertz CT molecular complexity index is 561. The Hall–Kier alpha value is -1.36. The SMILES string of the molecule is CCC(C)S(=O)(=O)CC(=O)c1ccc(C)cc1OC. The zero-order valence-electron chi connectivity index (χ0n) is 11.8. The molecule has 0 spiro atoms. The Morgan fingerprint density at radius 1 is 1.37 bits per heavy atom. The van der Waals surface area contributed by atoms with Crippen LogP contribution in [0.1, 0.15) is 36.2 Å². The van der Waals surface area contributed by atoms with E-state index in [1.807, 2.05) is 6.92 Å². The van der Waals surface area contributed by atoms with Gasteiger partial charge in [0, 0.05) is 0 Å². The van der Waals surface area contributed by atoms with Gasteiger partial charge in [-0.05, 0) is 38.0 Å². The first-order chi connectivity index (χ1) is 8.81. The van der Waals surface area contributed by atoms with E-state index >= 15 is 0 Å². The molecule has 0 aliphatic heterocycles. The molecule has 0 aliphatic carbocycles. The smallest absolute Gasteiger partial charge is 0.181 e. The summed E-state index contributed by atoms with van der Waals surface area (Å²) >= 11 is 0. The summed E-state index contributed by atoms with van der Waals surface area (Å²) in [7, 11) is -1.93. The molecule has 106 valence electrons. The minimum Gasteiger partial charge on any atom is -0.496 e. The molecule has 1 rings (SSSR count). The second kappa shape index (κ2) is 6.19. The maximum atomic E-state index is 12.1. The van der Waals surface area contributed by atoms with Crippen molar-refractivity contribution in [3.05, 3.63) is 29.3 Å². The van der Waals surface area contributed by atoms with Crippen LogP contribution in [0.3, 0.4) is 0 Å². The van der Waals surface area contributed by atoms with Gasteiger partial charge in [0.15, 0.2) is 15.6 Å². The summed E-state index contributed by atoms with van der Waals surface area (Å²) < 4.78 is 29.0. The Morgan fingerprint density at radius 2 is 2.00 bits per heavy atom. The van der Waals surface area contributed by atoms with Crippen molar-refractivity contribution in [1.82, 2.24) is 0 Å². The number of ketones is 1. The number of carbonyl (C=O) groups is 1. The summed E-state index contributed by atoms with van der Waals surface area (Å²) in [5, 5.41) is -0.507. The zero-order chi connectivity index (χ0) is 14.6.